The average Bonchev–Trinajstić information content (AvgIpc) is 2.64. The summed E-state index contributed by atoms with van der Waals surface area (Å²) >= 11 is 2.10. The molecule has 1 rings (SSSR count). The highest BCUT2D eigenvalue weighted by atomic mass is 32.2. The van der Waals surface area contributed by atoms with Crippen LogP contribution in [0.3, 0.4) is 0 Å². The molecule has 3 heteroatoms. The van der Waals surface area contributed by atoms with Crippen LogP contribution in [0.25, 0.3) is 0 Å². The summed E-state index contributed by atoms with van der Waals surface area (Å²) in [7, 11) is 0. The third kappa shape index (κ3) is 4.89. The average molecular weight is 203 g/mol. The topological polar surface area (TPSA) is 21.3 Å². The highest BCUT2D eigenvalue weighted by Crippen LogP contribution is 2.25. The van der Waals surface area contributed by atoms with Gasteiger partial charge in [-0.05, 0) is 32.4 Å². The molecule has 0 bridgehead atoms. The predicted molar refractivity (Wildman–Crippen MR) is 59.4 cm³/mol. The molecular weight excluding hydrogens is 182 g/mol. The van der Waals surface area contributed by atoms with Crippen molar-refractivity contribution in [1.82, 2.24) is 5.32 Å². The summed E-state index contributed by atoms with van der Waals surface area (Å²) in [5.41, 5.74) is 0. The molecule has 13 heavy (non-hydrogen) atoms. The van der Waals surface area contributed by atoms with Crippen LogP contribution >= 0.6 is 11.8 Å². The van der Waals surface area contributed by atoms with Gasteiger partial charge in [-0.25, -0.2) is 0 Å². The van der Waals surface area contributed by atoms with Crippen molar-refractivity contribution in [2.24, 2.45) is 0 Å². The Morgan fingerprint density at radius 3 is 3.08 bits per heavy atom. The van der Waals surface area contributed by atoms with Crippen LogP contribution in [0.1, 0.15) is 26.7 Å². The Morgan fingerprint density at radius 2 is 2.46 bits per heavy atom. The van der Waals surface area contributed by atoms with Gasteiger partial charge in [-0.2, -0.15) is 11.8 Å². The molecule has 0 spiro atoms. The van der Waals surface area contributed by atoms with Crippen molar-refractivity contribution in [3.8, 4) is 0 Å². The molecule has 2 atom stereocenters. The summed E-state index contributed by atoms with van der Waals surface area (Å²) in [4.78, 5) is 0. The number of hydrogen-bond acceptors (Lipinski definition) is 3. The van der Waals surface area contributed by atoms with Crippen LogP contribution in [0, 0.1) is 0 Å². The molecule has 78 valence electrons. The molecule has 1 aliphatic rings. The SMILES string of the molecule is CCOCC(C)NCC1CCCS1. The number of nitrogens with one attached hydrogen (secondary N) is 1. The van der Waals surface area contributed by atoms with Gasteiger partial charge in [-0.3, -0.25) is 0 Å². The molecule has 1 aliphatic heterocycles. The van der Waals surface area contributed by atoms with E-state index in [0.29, 0.717) is 6.04 Å². The van der Waals surface area contributed by atoms with E-state index >= 15 is 0 Å². The van der Waals surface area contributed by atoms with E-state index < -0.39 is 0 Å². The lowest BCUT2D eigenvalue weighted by molar-refractivity contribution is 0.127. The van der Waals surface area contributed by atoms with Gasteiger partial charge >= 0.3 is 0 Å². The van der Waals surface area contributed by atoms with Crippen LogP contribution in [0.15, 0.2) is 0 Å². The summed E-state index contributed by atoms with van der Waals surface area (Å²) in [6.45, 7) is 7.05. The van der Waals surface area contributed by atoms with E-state index in [1.165, 1.54) is 18.6 Å². The highest BCUT2D eigenvalue weighted by molar-refractivity contribution is 8.00. The van der Waals surface area contributed by atoms with Gasteiger partial charge in [0.05, 0.1) is 6.61 Å². The molecule has 0 radical (unpaired) electrons. The van der Waals surface area contributed by atoms with Crippen molar-refractivity contribution < 1.29 is 4.74 Å². The number of rotatable bonds is 6. The fraction of sp³-hybridized carbons (Fsp3) is 1.00. The maximum Gasteiger partial charge on any atom is 0.0616 e. The molecule has 0 aromatic rings. The van der Waals surface area contributed by atoms with Crippen LogP contribution in [0.5, 0.6) is 0 Å². The summed E-state index contributed by atoms with van der Waals surface area (Å²) < 4.78 is 5.34. The quantitative estimate of drug-likeness (QED) is 0.712. The van der Waals surface area contributed by atoms with Crippen molar-refractivity contribution >= 4 is 11.8 Å². The first kappa shape index (κ1) is 11.3. The standard InChI is InChI=1S/C10H21NOS/c1-3-12-8-9(2)11-7-10-5-4-6-13-10/h9-11H,3-8H2,1-2H3. The van der Waals surface area contributed by atoms with Crippen LogP contribution in [-0.4, -0.2) is 36.8 Å². The minimum absolute atomic E-state index is 0.501. The molecule has 0 aromatic heterocycles. The van der Waals surface area contributed by atoms with Gasteiger partial charge in [0.2, 0.25) is 0 Å². The van der Waals surface area contributed by atoms with Gasteiger partial charge in [0.25, 0.3) is 0 Å². The summed E-state index contributed by atoms with van der Waals surface area (Å²) in [6.07, 6.45) is 2.79. The Balaban J connectivity index is 1.97. The van der Waals surface area contributed by atoms with E-state index in [4.69, 9.17) is 4.74 Å². The lowest BCUT2D eigenvalue weighted by atomic mass is 10.2. The third-order valence-electron chi connectivity index (χ3n) is 2.29. The fourth-order valence-electron chi connectivity index (χ4n) is 1.49. The molecule has 0 amide bonds. The monoisotopic (exact) mass is 203 g/mol. The van der Waals surface area contributed by atoms with Crippen molar-refractivity contribution in [2.45, 2.75) is 38.0 Å². The zero-order valence-corrected chi connectivity index (χ0v) is 9.53. The van der Waals surface area contributed by atoms with Crippen LogP contribution in [-0.2, 0) is 4.74 Å². The molecule has 0 aromatic carbocycles. The van der Waals surface area contributed by atoms with E-state index in [1.807, 2.05) is 6.92 Å². The minimum atomic E-state index is 0.501. The Hall–Kier alpha value is 0.270. The first-order valence-electron chi connectivity index (χ1n) is 5.25. The lowest BCUT2D eigenvalue weighted by Crippen LogP contribution is -2.34. The first-order valence-corrected chi connectivity index (χ1v) is 6.30. The molecule has 0 saturated carbocycles. The maximum absolute atomic E-state index is 5.34. The Morgan fingerprint density at radius 1 is 1.62 bits per heavy atom. The zero-order valence-electron chi connectivity index (χ0n) is 8.71. The smallest absolute Gasteiger partial charge is 0.0616 e. The molecule has 2 unspecified atom stereocenters. The highest BCUT2D eigenvalue weighted by Gasteiger charge is 2.15. The normalized spacial score (nSPS) is 24.9. The number of hydrogen-bond donors (Lipinski definition) is 1. The molecule has 1 N–H and O–H groups in total. The second-order valence-electron chi connectivity index (χ2n) is 3.60. The fourth-order valence-corrected chi connectivity index (χ4v) is 2.71. The molecule has 1 fully saturated rings. The summed E-state index contributed by atoms with van der Waals surface area (Å²) in [5, 5.41) is 4.36. The summed E-state index contributed by atoms with van der Waals surface area (Å²) in [5.74, 6) is 1.35. The number of ether oxygens (including phenoxy) is 1. The lowest BCUT2D eigenvalue weighted by Gasteiger charge is -2.16. The Bertz CT molecular complexity index is 126. The number of thioether (sulfide) groups is 1. The largest absolute Gasteiger partial charge is 0.380 e. The van der Waals surface area contributed by atoms with Gasteiger partial charge in [0.15, 0.2) is 0 Å². The Labute approximate surface area is 85.8 Å². The minimum Gasteiger partial charge on any atom is -0.380 e. The van der Waals surface area contributed by atoms with Gasteiger partial charge < -0.3 is 10.1 Å². The van der Waals surface area contributed by atoms with Crippen molar-refractivity contribution in [2.75, 3.05) is 25.5 Å². The van der Waals surface area contributed by atoms with Crippen LogP contribution in [0.4, 0.5) is 0 Å². The van der Waals surface area contributed by atoms with E-state index in [9.17, 15) is 0 Å². The second-order valence-corrected chi connectivity index (χ2v) is 5.01. The van der Waals surface area contributed by atoms with E-state index in [-0.39, 0.29) is 0 Å². The van der Waals surface area contributed by atoms with E-state index in [1.54, 1.807) is 0 Å². The van der Waals surface area contributed by atoms with Gasteiger partial charge in [0, 0.05) is 24.4 Å². The van der Waals surface area contributed by atoms with Crippen molar-refractivity contribution in [3.05, 3.63) is 0 Å². The predicted octanol–water partition coefficient (Wildman–Crippen LogP) is 1.90. The zero-order chi connectivity index (χ0) is 9.52. The maximum atomic E-state index is 5.34. The second kappa shape index (κ2) is 6.68. The molecule has 2 nitrogen and oxygen atoms in total. The third-order valence-corrected chi connectivity index (χ3v) is 3.69. The van der Waals surface area contributed by atoms with Crippen molar-refractivity contribution in [1.29, 1.82) is 0 Å². The molecule has 0 aliphatic carbocycles. The molecule has 1 saturated heterocycles. The van der Waals surface area contributed by atoms with Crippen molar-refractivity contribution in [3.63, 3.8) is 0 Å². The molecular formula is C10H21NOS. The van der Waals surface area contributed by atoms with Crippen LogP contribution in [0.2, 0.25) is 0 Å². The molecule has 1 heterocycles. The van der Waals surface area contributed by atoms with Gasteiger partial charge in [-0.1, -0.05) is 0 Å². The summed E-state index contributed by atoms with van der Waals surface area (Å²) in [6, 6.07) is 0.501. The van der Waals surface area contributed by atoms with E-state index in [2.05, 4.69) is 24.0 Å². The van der Waals surface area contributed by atoms with Gasteiger partial charge in [-0.15, -0.1) is 0 Å². The Kier molecular flexibility index (Phi) is 5.83. The van der Waals surface area contributed by atoms with Crippen LogP contribution < -0.4 is 5.32 Å². The first-order chi connectivity index (χ1) is 6.33. The van der Waals surface area contributed by atoms with Gasteiger partial charge in [0.1, 0.15) is 0 Å². The van der Waals surface area contributed by atoms with E-state index in [0.717, 1.165) is 25.0 Å².